The largest absolute Gasteiger partial charge is 0.507 e. The third kappa shape index (κ3) is 5.69. The first-order valence-corrected chi connectivity index (χ1v) is 9.47. The minimum Gasteiger partial charge on any atom is -0.507 e. The number of benzene rings is 2. The Hall–Kier alpha value is -3.68. The van der Waals surface area contributed by atoms with Gasteiger partial charge in [-0.2, -0.15) is 0 Å². The molecule has 0 radical (unpaired) electrons. The fourth-order valence-corrected chi connectivity index (χ4v) is 3.03. The van der Waals surface area contributed by atoms with Crippen molar-refractivity contribution in [1.82, 2.24) is 0 Å². The number of hydrogen-bond donors (Lipinski definition) is 4. The quantitative estimate of drug-likeness (QED) is 0.231. The molecule has 166 valence electrons. The van der Waals surface area contributed by atoms with Crippen molar-refractivity contribution in [3.63, 3.8) is 0 Å². The molecule has 2 aromatic rings. The Morgan fingerprint density at radius 3 is 2.06 bits per heavy atom. The lowest BCUT2D eigenvalue weighted by molar-refractivity contribution is -0.158. The maximum atomic E-state index is 12.5. The van der Waals surface area contributed by atoms with E-state index in [4.69, 9.17) is 9.47 Å². The number of carbonyl (C=O) groups excluding carboxylic acids is 2. The van der Waals surface area contributed by atoms with Gasteiger partial charge in [0.25, 0.3) is 0 Å². The second kappa shape index (κ2) is 8.99. The summed E-state index contributed by atoms with van der Waals surface area (Å²) in [6, 6.07) is 3.45. The summed E-state index contributed by atoms with van der Waals surface area (Å²) in [5.74, 6) is -3.07. The zero-order valence-corrected chi connectivity index (χ0v) is 18.0. The Balaban J connectivity index is 2.57. The molecule has 0 unspecified atom stereocenters. The summed E-state index contributed by atoms with van der Waals surface area (Å²) in [4.78, 5) is 23.8. The third-order valence-electron chi connectivity index (χ3n) is 4.24. The number of phenols is 4. The van der Waals surface area contributed by atoms with Crippen molar-refractivity contribution in [2.45, 2.75) is 46.6 Å². The van der Waals surface area contributed by atoms with Crippen LogP contribution in [-0.2, 0) is 19.1 Å². The Morgan fingerprint density at radius 1 is 0.935 bits per heavy atom. The number of rotatable bonds is 6. The van der Waals surface area contributed by atoms with Crippen molar-refractivity contribution < 1.29 is 39.5 Å². The maximum Gasteiger partial charge on any atom is 0.315 e. The predicted octanol–water partition coefficient (Wildman–Crippen LogP) is 4.24. The first kappa shape index (κ1) is 23.6. The van der Waals surface area contributed by atoms with Gasteiger partial charge in [0.05, 0.1) is 22.8 Å². The Morgan fingerprint density at radius 2 is 1.52 bits per heavy atom. The minimum atomic E-state index is -1.12. The molecule has 8 nitrogen and oxygen atoms in total. The molecule has 0 aromatic heterocycles. The number of aromatic hydroxyl groups is 4. The summed E-state index contributed by atoms with van der Waals surface area (Å²) in [6.07, 6.45) is 2.78. The molecular formula is C23H26O8. The van der Waals surface area contributed by atoms with E-state index in [1.165, 1.54) is 19.1 Å². The summed E-state index contributed by atoms with van der Waals surface area (Å²) >= 11 is 0. The molecule has 8 heteroatoms. The van der Waals surface area contributed by atoms with Gasteiger partial charge in [-0.05, 0) is 52.0 Å². The van der Waals surface area contributed by atoms with Crippen LogP contribution in [0.2, 0.25) is 0 Å². The zero-order chi connectivity index (χ0) is 23.5. The number of phenolic OH excluding ortho intramolecular Hbond substituents is 4. The van der Waals surface area contributed by atoms with Crippen molar-refractivity contribution in [2.24, 2.45) is 0 Å². The number of hydrogen-bond acceptors (Lipinski definition) is 8. The van der Waals surface area contributed by atoms with Crippen LogP contribution in [-0.4, -0.2) is 38.0 Å². The van der Waals surface area contributed by atoms with Gasteiger partial charge >= 0.3 is 11.9 Å². The van der Waals surface area contributed by atoms with Gasteiger partial charge in [-0.1, -0.05) is 11.6 Å². The number of fused-ring (bicyclic) bond motifs is 1. The van der Waals surface area contributed by atoms with E-state index in [9.17, 15) is 30.0 Å². The first-order chi connectivity index (χ1) is 14.3. The zero-order valence-electron chi connectivity index (χ0n) is 18.0. The van der Waals surface area contributed by atoms with Crippen molar-refractivity contribution in [3.8, 4) is 23.0 Å². The normalized spacial score (nSPS) is 11.8. The van der Waals surface area contributed by atoms with E-state index in [1.807, 2.05) is 0 Å². The summed E-state index contributed by atoms with van der Waals surface area (Å²) in [7, 11) is 0. The molecule has 0 spiro atoms. The summed E-state index contributed by atoms with van der Waals surface area (Å²) in [5, 5.41) is 41.0. The van der Waals surface area contributed by atoms with Crippen molar-refractivity contribution in [3.05, 3.63) is 41.5 Å². The van der Waals surface area contributed by atoms with E-state index in [0.29, 0.717) is 0 Å². The van der Waals surface area contributed by atoms with Crippen LogP contribution in [0, 0.1) is 0 Å². The molecule has 0 fully saturated rings. The van der Waals surface area contributed by atoms with Crippen LogP contribution in [0.15, 0.2) is 35.9 Å². The number of carbonyl (C=O) groups is 2. The van der Waals surface area contributed by atoms with E-state index in [0.717, 1.165) is 17.7 Å². The number of allylic oxidation sites excluding steroid dienone is 3. The molecule has 0 saturated heterocycles. The monoisotopic (exact) mass is 430 g/mol. The molecule has 0 saturated carbocycles. The number of esters is 2. The fourth-order valence-electron chi connectivity index (χ4n) is 3.03. The highest BCUT2D eigenvalue weighted by molar-refractivity contribution is 6.04. The van der Waals surface area contributed by atoms with Crippen LogP contribution < -0.4 is 0 Å². The van der Waals surface area contributed by atoms with Gasteiger partial charge in [0.1, 0.15) is 34.4 Å². The molecule has 2 aromatic carbocycles. The lowest BCUT2D eigenvalue weighted by Crippen LogP contribution is -2.30. The number of ether oxygens (including phenoxy) is 2. The second-order valence-corrected chi connectivity index (χ2v) is 7.92. The SMILES string of the molecule is CC(=O)OC(C)(C)CC(=O)OC(=CC=C(C)C)c1cc(O)c2c(O)ccc(O)c2c1O. The topological polar surface area (TPSA) is 134 Å². The lowest BCUT2D eigenvalue weighted by Gasteiger charge is -2.23. The van der Waals surface area contributed by atoms with E-state index in [-0.39, 0.29) is 40.0 Å². The van der Waals surface area contributed by atoms with Gasteiger partial charge < -0.3 is 29.9 Å². The van der Waals surface area contributed by atoms with Crippen molar-refractivity contribution in [1.29, 1.82) is 0 Å². The standard InChI is InChI=1S/C23H26O8/c1-12(2)6-9-18(30-19(28)11-23(4,5)31-13(3)24)14-10-17(27)20-15(25)7-8-16(26)21(20)22(14)29/h6-10,25-27,29H,11H2,1-5H3. The van der Waals surface area contributed by atoms with Gasteiger partial charge in [-0.25, -0.2) is 0 Å². The molecule has 0 heterocycles. The Kier molecular flexibility index (Phi) is 6.84. The highest BCUT2D eigenvalue weighted by atomic mass is 16.6. The van der Waals surface area contributed by atoms with Gasteiger partial charge in [-0.15, -0.1) is 0 Å². The van der Waals surface area contributed by atoms with Crippen LogP contribution in [0.4, 0.5) is 0 Å². The predicted molar refractivity (Wildman–Crippen MR) is 115 cm³/mol. The van der Waals surface area contributed by atoms with E-state index >= 15 is 0 Å². The van der Waals surface area contributed by atoms with E-state index in [1.54, 1.807) is 33.8 Å². The van der Waals surface area contributed by atoms with E-state index in [2.05, 4.69) is 0 Å². The van der Waals surface area contributed by atoms with Gasteiger partial charge in [-0.3, -0.25) is 9.59 Å². The Bertz CT molecular complexity index is 1090. The van der Waals surface area contributed by atoms with Crippen LogP contribution in [0.3, 0.4) is 0 Å². The minimum absolute atomic E-state index is 0.0814. The summed E-state index contributed by atoms with van der Waals surface area (Å²) in [5.41, 5.74) is -0.344. The smallest absolute Gasteiger partial charge is 0.315 e. The third-order valence-corrected chi connectivity index (χ3v) is 4.24. The summed E-state index contributed by atoms with van der Waals surface area (Å²) in [6.45, 7) is 7.94. The molecule has 31 heavy (non-hydrogen) atoms. The molecule has 0 aliphatic carbocycles. The molecule has 0 aliphatic rings. The Labute approximate surface area is 179 Å². The lowest BCUT2D eigenvalue weighted by atomic mass is 10.0. The highest BCUT2D eigenvalue weighted by Gasteiger charge is 2.28. The average Bonchev–Trinajstić information content (AvgIpc) is 2.61. The van der Waals surface area contributed by atoms with Crippen molar-refractivity contribution in [2.75, 3.05) is 0 Å². The second-order valence-electron chi connectivity index (χ2n) is 7.92. The van der Waals surface area contributed by atoms with Crippen LogP contribution in [0.5, 0.6) is 23.0 Å². The molecule has 0 aliphatic heterocycles. The van der Waals surface area contributed by atoms with Gasteiger partial charge in [0, 0.05) is 6.92 Å². The van der Waals surface area contributed by atoms with Gasteiger partial charge in [0.15, 0.2) is 0 Å². The average molecular weight is 430 g/mol. The molecule has 0 bridgehead atoms. The molecule has 0 atom stereocenters. The molecular weight excluding hydrogens is 404 g/mol. The van der Waals surface area contributed by atoms with Crippen molar-refractivity contribution >= 4 is 28.5 Å². The molecule has 2 rings (SSSR count). The van der Waals surface area contributed by atoms with Crippen LogP contribution in [0.1, 0.15) is 46.6 Å². The fraction of sp³-hybridized carbons (Fsp3) is 0.304. The first-order valence-electron chi connectivity index (χ1n) is 9.47. The molecule has 0 amide bonds. The van der Waals surface area contributed by atoms with Crippen LogP contribution >= 0.6 is 0 Å². The maximum absolute atomic E-state index is 12.5. The highest BCUT2D eigenvalue weighted by Crippen LogP contribution is 2.46. The van der Waals surface area contributed by atoms with Gasteiger partial charge in [0.2, 0.25) is 0 Å². The van der Waals surface area contributed by atoms with E-state index < -0.39 is 29.0 Å². The molecule has 4 N–H and O–H groups in total. The van der Waals surface area contributed by atoms with Crippen LogP contribution in [0.25, 0.3) is 16.5 Å². The summed E-state index contributed by atoms with van der Waals surface area (Å²) < 4.78 is 10.5.